The van der Waals surface area contributed by atoms with Crippen molar-refractivity contribution in [2.24, 2.45) is 5.92 Å². The van der Waals surface area contributed by atoms with E-state index in [2.05, 4.69) is 6.92 Å². The lowest BCUT2D eigenvalue weighted by Crippen LogP contribution is -2.09. The van der Waals surface area contributed by atoms with Crippen molar-refractivity contribution in [1.82, 2.24) is 0 Å². The van der Waals surface area contributed by atoms with Gasteiger partial charge in [-0.2, -0.15) is 0 Å². The maximum atomic E-state index is 10.5. The average Bonchev–Trinajstić information content (AvgIpc) is 2.17. The van der Waals surface area contributed by atoms with Gasteiger partial charge < -0.3 is 0 Å². The minimum absolute atomic E-state index is 0.698. The first-order valence-electron chi connectivity index (χ1n) is 4.88. The zero-order valence-electron chi connectivity index (χ0n) is 8.10. The molecule has 0 spiro atoms. The maximum absolute atomic E-state index is 10.5. The van der Waals surface area contributed by atoms with Gasteiger partial charge in [0.15, 0.2) is 0 Å². The highest BCUT2D eigenvalue weighted by Gasteiger charge is 2.15. The molecule has 68 valence electrons. The molecular formula is C11H18O. The summed E-state index contributed by atoms with van der Waals surface area (Å²) in [6, 6.07) is 0. The van der Waals surface area contributed by atoms with E-state index < -0.39 is 0 Å². The lowest BCUT2D eigenvalue weighted by atomic mass is 9.83. The summed E-state index contributed by atoms with van der Waals surface area (Å²) in [5.74, 6) is 0.698. The highest BCUT2D eigenvalue weighted by Crippen LogP contribution is 2.30. The third kappa shape index (κ3) is 2.20. The van der Waals surface area contributed by atoms with Crippen LogP contribution in [0.3, 0.4) is 0 Å². The minimum atomic E-state index is 0.698. The van der Waals surface area contributed by atoms with Gasteiger partial charge in [0.1, 0.15) is 6.29 Å². The Balaban J connectivity index is 2.61. The minimum Gasteiger partial charge on any atom is -0.298 e. The molecule has 1 heteroatoms. The van der Waals surface area contributed by atoms with Gasteiger partial charge in [0, 0.05) is 0 Å². The molecule has 0 radical (unpaired) electrons. The Kier molecular flexibility index (Phi) is 3.51. The van der Waals surface area contributed by atoms with Crippen LogP contribution in [0.15, 0.2) is 11.1 Å². The second-order valence-electron chi connectivity index (χ2n) is 3.82. The predicted octanol–water partition coefficient (Wildman–Crippen LogP) is 3.10. The molecule has 0 aromatic carbocycles. The fourth-order valence-corrected chi connectivity index (χ4v) is 1.95. The summed E-state index contributed by atoms with van der Waals surface area (Å²) >= 11 is 0. The summed E-state index contributed by atoms with van der Waals surface area (Å²) in [7, 11) is 0. The molecule has 0 aliphatic heterocycles. The third-order valence-electron chi connectivity index (χ3n) is 3.02. The van der Waals surface area contributed by atoms with Crippen LogP contribution in [0, 0.1) is 5.92 Å². The van der Waals surface area contributed by atoms with E-state index in [1.165, 1.54) is 37.7 Å². The first-order valence-corrected chi connectivity index (χ1v) is 4.88. The smallest absolute Gasteiger partial charge is 0.145 e. The van der Waals surface area contributed by atoms with Crippen LogP contribution in [0.5, 0.6) is 0 Å². The summed E-state index contributed by atoms with van der Waals surface area (Å²) in [5.41, 5.74) is 2.27. The summed E-state index contributed by atoms with van der Waals surface area (Å²) in [6.45, 7) is 4.04. The number of aldehydes is 1. The van der Waals surface area contributed by atoms with Gasteiger partial charge in [-0.15, -0.1) is 0 Å². The summed E-state index contributed by atoms with van der Waals surface area (Å²) in [4.78, 5) is 10.5. The molecular weight excluding hydrogens is 148 g/mol. The van der Waals surface area contributed by atoms with Crippen LogP contribution in [-0.2, 0) is 4.79 Å². The Morgan fingerprint density at radius 2 is 1.75 bits per heavy atom. The van der Waals surface area contributed by atoms with Gasteiger partial charge >= 0.3 is 0 Å². The Bertz CT molecular complexity index is 185. The van der Waals surface area contributed by atoms with Crippen LogP contribution >= 0.6 is 0 Å². The number of allylic oxidation sites excluding steroid dienone is 2. The Morgan fingerprint density at radius 3 is 2.25 bits per heavy atom. The summed E-state index contributed by atoms with van der Waals surface area (Å²) < 4.78 is 0. The zero-order chi connectivity index (χ0) is 8.97. The monoisotopic (exact) mass is 166 g/mol. The largest absolute Gasteiger partial charge is 0.298 e. The van der Waals surface area contributed by atoms with Crippen molar-refractivity contribution in [3.05, 3.63) is 11.1 Å². The van der Waals surface area contributed by atoms with E-state index >= 15 is 0 Å². The molecule has 0 atom stereocenters. The van der Waals surface area contributed by atoms with Gasteiger partial charge in [-0.1, -0.05) is 24.8 Å². The predicted molar refractivity (Wildman–Crippen MR) is 51.0 cm³/mol. The normalized spacial score (nSPS) is 21.8. The highest BCUT2D eigenvalue weighted by molar-refractivity contribution is 5.73. The summed E-state index contributed by atoms with van der Waals surface area (Å²) in [5, 5.41) is 0. The van der Waals surface area contributed by atoms with E-state index in [1.807, 2.05) is 6.92 Å². The molecule has 1 rings (SSSR count). The molecule has 0 aromatic rings. The standard InChI is InChI=1S/C11H18O/c1-9(8-12)10(2)11-6-4-3-5-7-11/h8,11H,3-7H2,1-2H3/b10-9+. The number of rotatable bonds is 2. The average molecular weight is 166 g/mol. The first-order chi connectivity index (χ1) is 5.75. The lowest BCUT2D eigenvalue weighted by molar-refractivity contribution is -0.104. The molecule has 0 heterocycles. The molecule has 0 N–H and O–H groups in total. The van der Waals surface area contributed by atoms with Crippen molar-refractivity contribution in [2.45, 2.75) is 46.0 Å². The van der Waals surface area contributed by atoms with Gasteiger partial charge in [-0.25, -0.2) is 0 Å². The molecule has 0 bridgehead atoms. The van der Waals surface area contributed by atoms with E-state index in [4.69, 9.17) is 0 Å². The number of hydrogen-bond donors (Lipinski definition) is 0. The molecule has 0 amide bonds. The Hall–Kier alpha value is -0.590. The van der Waals surface area contributed by atoms with Crippen molar-refractivity contribution in [1.29, 1.82) is 0 Å². The molecule has 1 aliphatic rings. The van der Waals surface area contributed by atoms with E-state index in [9.17, 15) is 4.79 Å². The van der Waals surface area contributed by atoms with E-state index in [0.29, 0.717) is 5.92 Å². The van der Waals surface area contributed by atoms with E-state index in [0.717, 1.165) is 11.9 Å². The zero-order valence-corrected chi connectivity index (χ0v) is 8.10. The topological polar surface area (TPSA) is 17.1 Å². The van der Waals surface area contributed by atoms with Crippen molar-refractivity contribution in [3.8, 4) is 0 Å². The number of carbonyl (C=O) groups excluding carboxylic acids is 1. The third-order valence-corrected chi connectivity index (χ3v) is 3.02. The molecule has 0 unspecified atom stereocenters. The second-order valence-corrected chi connectivity index (χ2v) is 3.82. The molecule has 12 heavy (non-hydrogen) atoms. The Labute approximate surface area is 74.9 Å². The van der Waals surface area contributed by atoms with Crippen LogP contribution in [0.2, 0.25) is 0 Å². The molecule has 1 aliphatic carbocycles. The van der Waals surface area contributed by atoms with Crippen LogP contribution in [0.4, 0.5) is 0 Å². The fraction of sp³-hybridized carbons (Fsp3) is 0.727. The molecule has 0 saturated heterocycles. The first kappa shape index (κ1) is 9.50. The molecule has 1 nitrogen and oxygen atoms in total. The van der Waals surface area contributed by atoms with Crippen molar-refractivity contribution < 1.29 is 4.79 Å². The van der Waals surface area contributed by atoms with Gasteiger partial charge in [0.25, 0.3) is 0 Å². The maximum Gasteiger partial charge on any atom is 0.145 e. The fourth-order valence-electron chi connectivity index (χ4n) is 1.95. The lowest BCUT2D eigenvalue weighted by Gasteiger charge is -2.23. The van der Waals surface area contributed by atoms with Gasteiger partial charge in [-0.3, -0.25) is 4.79 Å². The van der Waals surface area contributed by atoms with E-state index in [1.54, 1.807) is 0 Å². The van der Waals surface area contributed by atoms with Crippen LogP contribution in [0.25, 0.3) is 0 Å². The van der Waals surface area contributed by atoms with Gasteiger partial charge in [-0.05, 0) is 38.2 Å². The molecule has 1 saturated carbocycles. The van der Waals surface area contributed by atoms with E-state index in [-0.39, 0.29) is 0 Å². The summed E-state index contributed by atoms with van der Waals surface area (Å²) in [6.07, 6.45) is 7.63. The van der Waals surface area contributed by atoms with Crippen molar-refractivity contribution in [2.75, 3.05) is 0 Å². The van der Waals surface area contributed by atoms with Crippen LogP contribution in [0.1, 0.15) is 46.0 Å². The molecule has 1 fully saturated rings. The quantitative estimate of drug-likeness (QED) is 0.455. The van der Waals surface area contributed by atoms with Crippen LogP contribution < -0.4 is 0 Å². The van der Waals surface area contributed by atoms with Crippen molar-refractivity contribution in [3.63, 3.8) is 0 Å². The van der Waals surface area contributed by atoms with Gasteiger partial charge in [0.05, 0.1) is 0 Å². The Morgan fingerprint density at radius 1 is 1.17 bits per heavy atom. The number of carbonyl (C=O) groups is 1. The SMILES string of the molecule is C/C(C=O)=C(/C)C1CCCCC1. The van der Waals surface area contributed by atoms with Gasteiger partial charge in [0.2, 0.25) is 0 Å². The second kappa shape index (κ2) is 4.44. The van der Waals surface area contributed by atoms with Crippen molar-refractivity contribution >= 4 is 6.29 Å². The number of hydrogen-bond acceptors (Lipinski definition) is 1. The van der Waals surface area contributed by atoms with Crippen LogP contribution in [-0.4, -0.2) is 6.29 Å². The molecule has 0 aromatic heterocycles. The highest BCUT2D eigenvalue weighted by atomic mass is 16.1.